The fourth-order valence-corrected chi connectivity index (χ4v) is 1.60. The van der Waals surface area contributed by atoms with E-state index in [0.717, 1.165) is 0 Å². The van der Waals surface area contributed by atoms with Crippen molar-refractivity contribution in [1.82, 2.24) is 0 Å². The molecule has 1 saturated heterocycles. The summed E-state index contributed by atoms with van der Waals surface area (Å²) < 4.78 is 14.8. The summed E-state index contributed by atoms with van der Waals surface area (Å²) in [5.41, 5.74) is 0. The average Bonchev–Trinajstić information content (AvgIpc) is 2.17. The van der Waals surface area contributed by atoms with Crippen LogP contribution in [0.1, 0.15) is 0 Å². The third kappa shape index (κ3) is 2.05. The minimum absolute atomic E-state index is 0.330. The first kappa shape index (κ1) is 11.8. The molecule has 0 aliphatic carbocycles. The first-order valence-electron chi connectivity index (χ1n) is 4.33. The van der Waals surface area contributed by atoms with Crippen molar-refractivity contribution >= 4 is 0 Å². The lowest BCUT2D eigenvalue weighted by atomic mass is 9.99. The van der Waals surface area contributed by atoms with E-state index >= 15 is 0 Å². The number of hydrogen-bond acceptors (Lipinski definition) is 6. The molecule has 0 unspecified atom stereocenters. The van der Waals surface area contributed by atoms with Crippen LogP contribution in [0.25, 0.3) is 0 Å². The number of methoxy groups -OCH3 is 2. The van der Waals surface area contributed by atoms with Crippen LogP contribution in [-0.4, -0.2) is 66.9 Å². The van der Waals surface area contributed by atoms with E-state index in [0.29, 0.717) is 0 Å². The highest BCUT2D eigenvalue weighted by atomic mass is 16.7. The first-order chi connectivity index (χ1) is 6.65. The Labute approximate surface area is 82.0 Å². The van der Waals surface area contributed by atoms with Crippen LogP contribution in [0.2, 0.25) is 0 Å². The van der Waals surface area contributed by atoms with E-state index in [9.17, 15) is 10.2 Å². The third-order valence-corrected chi connectivity index (χ3v) is 2.36. The average molecular weight is 208 g/mol. The van der Waals surface area contributed by atoms with Gasteiger partial charge in [-0.15, -0.1) is 0 Å². The van der Waals surface area contributed by atoms with Gasteiger partial charge in [0.2, 0.25) is 0 Å². The molecule has 0 saturated carbocycles. The molecule has 1 aliphatic heterocycles. The Bertz CT molecular complexity index is 175. The van der Waals surface area contributed by atoms with Gasteiger partial charge in [-0.2, -0.15) is 0 Å². The lowest BCUT2D eigenvalue weighted by Crippen LogP contribution is -2.59. The van der Waals surface area contributed by atoms with Crippen LogP contribution in [0.3, 0.4) is 0 Å². The van der Waals surface area contributed by atoms with E-state index in [2.05, 4.69) is 0 Å². The molecular weight excluding hydrogens is 192 g/mol. The lowest BCUT2D eigenvalue weighted by molar-refractivity contribution is -0.295. The maximum atomic E-state index is 9.70. The summed E-state index contributed by atoms with van der Waals surface area (Å²) in [5.74, 6) is 0. The van der Waals surface area contributed by atoms with Gasteiger partial charge in [0.15, 0.2) is 6.29 Å². The molecule has 3 N–H and O–H groups in total. The molecule has 6 heteroatoms. The minimum atomic E-state index is -1.25. The number of hydrogen-bond donors (Lipinski definition) is 3. The molecule has 1 heterocycles. The van der Waals surface area contributed by atoms with Crippen molar-refractivity contribution in [2.75, 3.05) is 20.8 Å². The SMILES string of the molecule is CO[C@@H]1[C@@H](O)[C@@H](OC)[C@@H](CO)O[C@@H]1O. The van der Waals surface area contributed by atoms with E-state index in [1.54, 1.807) is 0 Å². The summed E-state index contributed by atoms with van der Waals surface area (Å²) in [4.78, 5) is 0. The summed E-state index contributed by atoms with van der Waals surface area (Å²) in [6.45, 7) is -0.330. The van der Waals surface area contributed by atoms with Gasteiger partial charge < -0.3 is 29.5 Å². The molecule has 0 bridgehead atoms. The normalized spacial score (nSPS) is 43.9. The molecular formula is C8H16O6. The van der Waals surface area contributed by atoms with Gasteiger partial charge in [-0.05, 0) is 0 Å². The molecule has 0 aromatic carbocycles. The summed E-state index contributed by atoms with van der Waals surface area (Å²) in [6, 6.07) is 0. The van der Waals surface area contributed by atoms with E-state index in [4.69, 9.17) is 19.3 Å². The highest BCUT2D eigenvalue weighted by Crippen LogP contribution is 2.23. The van der Waals surface area contributed by atoms with Gasteiger partial charge in [0, 0.05) is 14.2 Å². The Kier molecular flexibility index (Phi) is 4.24. The van der Waals surface area contributed by atoms with Crippen LogP contribution >= 0.6 is 0 Å². The van der Waals surface area contributed by atoms with Gasteiger partial charge in [-0.1, -0.05) is 0 Å². The van der Waals surface area contributed by atoms with Crippen molar-refractivity contribution in [3.05, 3.63) is 0 Å². The van der Waals surface area contributed by atoms with Crippen molar-refractivity contribution in [3.63, 3.8) is 0 Å². The van der Waals surface area contributed by atoms with Gasteiger partial charge in [-0.3, -0.25) is 0 Å². The zero-order valence-corrected chi connectivity index (χ0v) is 8.16. The smallest absolute Gasteiger partial charge is 0.184 e. The standard InChI is InChI=1S/C8H16O6/c1-12-6-4(3-9)14-8(11)7(13-2)5(6)10/h4-11H,3H2,1-2H3/t4-,5+,6+,7-,8+/m1/s1. The third-order valence-electron chi connectivity index (χ3n) is 2.36. The fourth-order valence-electron chi connectivity index (χ4n) is 1.60. The summed E-state index contributed by atoms with van der Waals surface area (Å²) in [7, 11) is 2.75. The molecule has 0 aromatic rings. The van der Waals surface area contributed by atoms with Crippen molar-refractivity contribution in [1.29, 1.82) is 0 Å². The number of aliphatic hydroxyl groups excluding tert-OH is 3. The van der Waals surface area contributed by atoms with E-state index in [1.165, 1.54) is 14.2 Å². The molecule has 6 nitrogen and oxygen atoms in total. The Balaban J connectivity index is 2.72. The zero-order chi connectivity index (χ0) is 10.7. The van der Waals surface area contributed by atoms with E-state index < -0.39 is 30.7 Å². The maximum absolute atomic E-state index is 9.70. The van der Waals surface area contributed by atoms with Crippen LogP contribution < -0.4 is 0 Å². The molecule has 84 valence electrons. The highest BCUT2D eigenvalue weighted by Gasteiger charge is 2.44. The number of ether oxygens (including phenoxy) is 3. The van der Waals surface area contributed by atoms with E-state index in [1.807, 2.05) is 0 Å². The van der Waals surface area contributed by atoms with Crippen LogP contribution in [-0.2, 0) is 14.2 Å². The van der Waals surface area contributed by atoms with Crippen molar-refractivity contribution in [3.8, 4) is 0 Å². The predicted molar refractivity (Wildman–Crippen MR) is 45.6 cm³/mol. The topological polar surface area (TPSA) is 88.4 Å². The van der Waals surface area contributed by atoms with Gasteiger partial charge in [0.1, 0.15) is 24.4 Å². The number of rotatable bonds is 3. The molecule has 0 spiro atoms. The molecule has 1 fully saturated rings. The Morgan fingerprint density at radius 3 is 2.14 bits per heavy atom. The van der Waals surface area contributed by atoms with Crippen LogP contribution in [0.5, 0.6) is 0 Å². The second kappa shape index (κ2) is 5.01. The molecule has 0 aromatic heterocycles. The van der Waals surface area contributed by atoms with Crippen LogP contribution in [0.4, 0.5) is 0 Å². The van der Waals surface area contributed by atoms with E-state index in [-0.39, 0.29) is 6.61 Å². The molecule has 0 amide bonds. The first-order valence-corrected chi connectivity index (χ1v) is 4.33. The van der Waals surface area contributed by atoms with Gasteiger partial charge in [-0.25, -0.2) is 0 Å². The second-order valence-corrected chi connectivity index (χ2v) is 3.14. The Morgan fingerprint density at radius 1 is 1.14 bits per heavy atom. The summed E-state index contributed by atoms with van der Waals surface area (Å²) in [6.07, 6.45) is -4.57. The Hall–Kier alpha value is -0.240. The zero-order valence-electron chi connectivity index (χ0n) is 8.16. The van der Waals surface area contributed by atoms with Gasteiger partial charge >= 0.3 is 0 Å². The quantitative estimate of drug-likeness (QED) is 0.501. The van der Waals surface area contributed by atoms with Crippen LogP contribution in [0.15, 0.2) is 0 Å². The fraction of sp³-hybridized carbons (Fsp3) is 1.00. The second-order valence-electron chi connectivity index (χ2n) is 3.14. The Morgan fingerprint density at radius 2 is 1.71 bits per heavy atom. The number of aliphatic hydroxyl groups is 3. The highest BCUT2D eigenvalue weighted by molar-refractivity contribution is 4.90. The van der Waals surface area contributed by atoms with Crippen molar-refractivity contribution < 1.29 is 29.5 Å². The molecule has 14 heavy (non-hydrogen) atoms. The largest absolute Gasteiger partial charge is 0.394 e. The molecule has 1 rings (SSSR count). The lowest BCUT2D eigenvalue weighted by Gasteiger charge is -2.40. The summed E-state index contributed by atoms with van der Waals surface area (Å²) >= 11 is 0. The molecule has 5 atom stereocenters. The van der Waals surface area contributed by atoms with Gasteiger partial charge in [0.05, 0.1) is 6.61 Å². The molecule has 0 radical (unpaired) electrons. The molecule has 1 aliphatic rings. The predicted octanol–water partition coefficient (Wildman–Crippen LogP) is -1.91. The van der Waals surface area contributed by atoms with Gasteiger partial charge in [0.25, 0.3) is 0 Å². The summed E-state index contributed by atoms with van der Waals surface area (Å²) in [5, 5.41) is 28.0. The van der Waals surface area contributed by atoms with Crippen LogP contribution in [0, 0.1) is 0 Å². The van der Waals surface area contributed by atoms with Crippen molar-refractivity contribution in [2.24, 2.45) is 0 Å². The monoisotopic (exact) mass is 208 g/mol. The minimum Gasteiger partial charge on any atom is -0.394 e. The maximum Gasteiger partial charge on any atom is 0.184 e. The van der Waals surface area contributed by atoms with Crippen molar-refractivity contribution in [2.45, 2.75) is 30.7 Å².